The van der Waals surface area contributed by atoms with Gasteiger partial charge in [0.25, 0.3) is 0 Å². The summed E-state index contributed by atoms with van der Waals surface area (Å²) in [4.78, 5) is 39.6. The van der Waals surface area contributed by atoms with Crippen molar-refractivity contribution in [1.82, 2.24) is 4.98 Å². The van der Waals surface area contributed by atoms with Gasteiger partial charge in [-0.1, -0.05) is 32.0 Å². The number of carbonyl (C=O) groups excluding carboxylic acids is 3. The minimum atomic E-state index is -1.03. The molecule has 1 heterocycles. The van der Waals surface area contributed by atoms with E-state index in [2.05, 4.69) is 4.98 Å². The summed E-state index contributed by atoms with van der Waals surface area (Å²) in [5, 5.41) is 0. The van der Waals surface area contributed by atoms with E-state index in [1.807, 2.05) is 32.0 Å². The fraction of sp³-hybridized carbons (Fsp3) is 0.409. The van der Waals surface area contributed by atoms with E-state index in [-0.39, 0.29) is 18.2 Å². The zero-order valence-corrected chi connectivity index (χ0v) is 17.6. The lowest BCUT2D eigenvalue weighted by molar-refractivity contribution is -0.148. The van der Waals surface area contributed by atoms with Gasteiger partial charge in [0.1, 0.15) is 5.75 Å². The van der Waals surface area contributed by atoms with Gasteiger partial charge in [0.05, 0.1) is 18.4 Å². The molecule has 0 aliphatic heterocycles. The summed E-state index contributed by atoms with van der Waals surface area (Å²) in [7, 11) is 1.28. The number of para-hydroxylation sites is 1. The number of nitrogens with one attached hydrogen (secondary N) is 1. The van der Waals surface area contributed by atoms with Gasteiger partial charge in [-0.25, -0.2) is 9.59 Å². The Morgan fingerprint density at radius 3 is 2.34 bits per heavy atom. The van der Waals surface area contributed by atoms with Crippen molar-refractivity contribution in [2.24, 2.45) is 0 Å². The molecule has 1 aromatic carbocycles. The smallest absolute Gasteiger partial charge is 0.344 e. The second kappa shape index (κ2) is 9.41. The SMILES string of the molecule is COC(=O)c1c(C)[nH]c(C(=O)[C@H](C)OC(=O)COc2ccccc2C(C)C)c1C. The lowest BCUT2D eigenvalue weighted by Gasteiger charge is -2.15. The summed E-state index contributed by atoms with van der Waals surface area (Å²) >= 11 is 0. The molecule has 1 N–H and O–H groups in total. The number of aromatic amines is 1. The van der Waals surface area contributed by atoms with Crippen molar-refractivity contribution in [2.75, 3.05) is 13.7 Å². The highest BCUT2D eigenvalue weighted by molar-refractivity contribution is 6.03. The molecule has 0 spiro atoms. The summed E-state index contributed by atoms with van der Waals surface area (Å²) in [6, 6.07) is 7.46. The van der Waals surface area contributed by atoms with E-state index in [9.17, 15) is 14.4 Å². The lowest BCUT2D eigenvalue weighted by atomic mass is 10.0. The third-order valence-corrected chi connectivity index (χ3v) is 4.64. The van der Waals surface area contributed by atoms with Crippen LogP contribution in [0.4, 0.5) is 0 Å². The molecule has 0 aliphatic carbocycles. The van der Waals surface area contributed by atoms with E-state index in [0.717, 1.165) is 5.56 Å². The first-order valence-electron chi connectivity index (χ1n) is 9.40. The van der Waals surface area contributed by atoms with Gasteiger partial charge in [-0.15, -0.1) is 0 Å². The largest absolute Gasteiger partial charge is 0.482 e. The number of esters is 2. The molecule has 1 atom stereocenters. The van der Waals surface area contributed by atoms with E-state index in [4.69, 9.17) is 14.2 Å². The normalized spacial score (nSPS) is 11.8. The number of aromatic nitrogens is 1. The minimum Gasteiger partial charge on any atom is -0.482 e. The van der Waals surface area contributed by atoms with Gasteiger partial charge in [0.15, 0.2) is 12.7 Å². The number of benzene rings is 1. The Bertz CT molecular complexity index is 912. The van der Waals surface area contributed by atoms with Gasteiger partial charge in [0.2, 0.25) is 5.78 Å². The van der Waals surface area contributed by atoms with E-state index in [1.165, 1.54) is 14.0 Å². The molecule has 7 nitrogen and oxygen atoms in total. The van der Waals surface area contributed by atoms with Gasteiger partial charge in [-0.3, -0.25) is 4.79 Å². The number of H-pyrrole nitrogens is 1. The quantitative estimate of drug-likeness (QED) is 0.535. The number of methoxy groups -OCH3 is 1. The molecule has 2 aromatic rings. The average molecular weight is 401 g/mol. The highest BCUT2D eigenvalue weighted by Gasteiger charge is 2.27. The van der Waals surface area contributed by atoms with Gasteiger partial charge >= 0.3 is 11.9 Å². The second-order valence-corrected chi connectivity index (χ2v) is 7.09. The molecule has 29 heavy (non-hydrogen) atoms. The summed E-state index contributed by atoms with van der Waals surface area (Å²) in [5.41, 5.74) is 2.49. The van der Waals surface area contributed by atoms with Crippen LogP contribution in [-0.2, 0) is 14.3 Å². The maximum atomic E-state index is 12.7. The number of carbonyl (C=O) groups is 3. The molecule has 1 aromatic heterocycles. The first-order chi connectivity index (χ1) is 13.7. The minimum absolute atomic E-state index is 0.217. The number of hydrogen-bond acceptors (Lipinski definition) is 6. The van der Waals surface area contributed by atoms with Crippen LogP contribution in [0.15, 0.2) is 24.3 Å². The number of aryl methyl sites for hydroxylation is 1. The standard InChI is InChI=1S/C22H27NO6/c1-12(2)16-9-7-8-10-17(16)28-11-18(24)29-15(5)21(25)20-13(3)19(14(4)23-20)22(26)27-6/h7-10,12,15,23H,11H2,1-6H3/t15-/m0/s1. The van der Waals surface area contributed by atoms with Crippen LogP contribution >= 0.6 is 0 Å². The van der Waals surface area contributed by atoms with E-state index in [1.54, 1.807) is 19.9 Å². The molecule has 0 aliphatic rings. The monoisotopic (exact) mass is 401 g/mol. The Kier molecular flexibility index (Phi) is 7.20. The third-order valence-electron chi connectivity index (χ3n) is 4.64. The summed E-state index contributed by atoms with van der Waals surface area (Å²) < 4.78 is 15.6. The maximum Gasteiger partial charge on any atom is 0.344 e. The Morgan fingerprint density at radius 1 is 1.07 bits per heavy atom. The van der Waals surface area contributed by atoms with Crippen LogP contribution in [0.25, 0.3) is 0 Å². The first kappa shape index (κ1) is 22.2. The predicted molar refractivity (Wildman–Crippen MR) is 108 cm³/mol. The second-order valence-electron chi connectivity index (χ2n) is 7.09. The van der Waals surface area contributed by atoms with Gasteiger partial charge in [-0.05, 0) is 43.9 Å². The van der Waals surface area contributed by atoms with E-state index >= 15 is 0 Å². The lowest BCUT2D eigenvalue weighted by Crippen LogP contribution is -2.28. The summed E-state index contributed by atoms with van der Waals surface area (Å²) in [6.45, 7) is 8.55. The van der Waals surface area contributed by atoms with Gasteiger partial charge in [-0.2, -0.15) is 0 Å². The van der Waals surface area contributed by atoms with Crippen LogP contribution in [0.1, 0.15) is 64.4 Å². The van der Waals surface area contributed by atoms with Crippen molar-refractivity contribution < 1.29 is 28.6 Å². The van der Waals surface area contributed by atoms with Crippen molar-refractivity contribution >= 4 is 17.7 Å². The van der Waals surface area contributed by atoms with Crippen molar-refractivity contribution in [1.29, 1.82) is 0 Å². The van der Waals surface area contributed by atoms with Crippen molar-refractivity contribution in [3.05, 3.63) is 52.3 Å². The van der Waals surface area contributed by atoms with Crippen LogP contribution in [0.3, 0.4) is 0 Å². The molecule has 0 radical (unpaired) electrons. The van der Waals surface area contributed by atoms with Crippen molar-refractivity contribution in [3.63, 3.8) is 0 Å². The van der Waals surface area contributed by atoms with E-state index < -0.39 is 23.8 Å². The molecule has 156 valence electrons. The van der Waals surface area contributed by atoms with Crippen LogP contribution < -0.4 is 4.74 Å². The Labute approximate surface area is 170 Å². The molecular weight excluding hydrogens is 374 g/mol. The Morgan fingerprint density at radius 2 is 1.72 bits per heavy atom. The Balaban J connectivity index is 2.03. The Hall–Kier alpha value is -3.09. The fourth-order valence-electron chi connectivity index (χ4n) is 3.12. The van der Waals surface area contributed by atoms with Crippen LogP contribution in [-0.4, -0.2) is 42.5 Å². The fourth-order valence-corrected chi connectivity index (χ4v) is 3.12. The highest BCUT2D eigenvalue weighted by atomic mass is 16.6. The summed E-state index contributed by atoms with van der Waals surface area (Å²) in [5.74, 6) is -0.768. The topological polar surface area (TPSA) is 94.7 Å². The molecule has 0 unspecified atom stereocenters. The van der Waals surface area contributed by atoms with Crippen LogP contribution in [0.5, 0.6) is 5.75 Å². The third kappa shape index (κ3) is 5.04. The molecule has 0 fully saturated rings. The van der Waals surface area contributed by atoms with Gasteiger partial charge in [0, 0.05) is 5.69 Å². The molecule has 0 amide bonds. The average Bonchev–Trinajstić information content (AvgIpc) is 2.99. The maximum absolute atomic E-state index is 12.7. The number of rotatable bonds is 8. The zero-order valence-electron chi connectivity index (χ0n) is 17.6. The molecule has 0 bridgehead atoms. The molecule has 0 saturated carbocycles. The number of ketones is 1. The van der Waals surface area contributed by atoms with Crippen LogP contribution in [0, 0.1) is 13.8 Å². The van der Waals surface area contributed by atoms with Crippen LogP contribution in [0.2, 0.25) is 0 Å². The van der Waals surface area contributed by atoms with Gasteiger partial charge < -0.3 is 19.2 Å². The molecular formula is C22H27NO6. The number of hydrogen-bond donors (Lipinski definition) is 1. The summed E-state index contributed by atoms with van der Waals surface area (Å²) in [6.07, 6.45) is -1.03. The number of Topliss-reactive ketones (excluding diaryl/α,β-unsaturated/α-hetero) is 1. The predicted octanol–water partition coefficient (Wildman–Crippen LogP) is 3.73. The zero-order chi connectivity index (χ0) is 21.7. The molecule has 2 rings (SSSR count). The highest BCUT2D eigenvalue weighted by Crippen LogP contribution is 2.26. The van der Waals surface area contributed by atoms with Crippen molar-refractivity contribution in [3.8, 4) is 5.75 Å². The van der Waals surface area contributed by atoms with E-state index in [0.29, 0.717) is 22.6 Å². The first-order valence-corrected chi connectivity index (χ1v) is 9.40. The number of ether oxygens (including phenoxy) is 3. The molecule has 7 heteroatoms. The van der Waals surface area contributed by atoms with Crippen molar-refractivity contribution in [2.45, 2.75) is 46.6 Å². The molecule has 0 saturated heterocycles.